The predicted octanol–water partition coefficient (Wildman–Crippen LogP) is 3.35. The molecular weight excluding hydrogens is 282 g/mol. The van der Waals surface area contributed by atoms with Crippen LogP contribution in [0.4, 0.5) is 0 Å². The summed E-state index contributed by atoms with van der Waals surface area (Å²) in [6.07, 6.45) is 0.859. The van der Waals surface area contributed by atoms with Gasteiger partial charge in [-0.25, -0.2) is 0 Å². The number of nitrogens with one attached hydrogen (secondary N) is 1. The summed E-state index contributed by atoms with van der Waals surface area (Å²) in [5.41, 5.74) is 1.20. The van der Waals surface area contributed by atoms with Crippen molar-refractivity contribution in [3.63, 3.8) is 0 Å². The molecule has 0 fully saturated rings. The van der Waals surface area contributed by atoms with Crippen molar-refractivity contribution in [2.24, 2.45) is 0 Å². The number of carboxylic acid groups (broad SMARTS) is 1. The summed E-state index contributed by atoms with van der Waals surface area (Å²) >= 11 is 3.40. The average Bonchev–Trinajstić information content (AvgIpc) is 2.27. The molecule has 0 saturated carbocycles. The molecule has 0 aliphatic heterocycles. The van der Waals surface area contributed by atoms with Gasteiger partial charge in [0.1, 0.15) is 0 Å². The Morgan fingerprint density at radius 3 is 2.47 bits per heavy atom. The maximum absolute atomic E-state index is 10.5. The second-order valence-electron chi connectivity index (χ2n) is 4.27. The summed E-state index contributed by atoms with van der Waals surface area (Å²) < 4.78 is 1.06. The molecule has 0 amide bonds. The molecule has 0 aliphatic rings. The Kier molecular flexibility index (Phi) is 5.65. The fourth-order valence-electron chi connectivity index (χ4n) is 1.70. The third kappa shape index (κ3) is 5.33. The molecule has 1 aromatic rings. The van der Waals surface area contributed by atoms with Gasteiger partial charge in [0.2, 0.25) is 0 Å². The number of benzene rings is 1. The zero-order valence-electron chi connectivity index (χ0n) is 10.1. The molecule has 0 heterocycles. The molecule has 1 aromatic carbocycles. The number of halogens is 1. The van der Waals surface area contributed by atoms with Crippen molar-refractivity contribution >= 4 is 21.9 Å². The van der Waals surface area contributed by atoms with E-state index in [2.05, 4.69) is 40.3 Å². The van der Waals surface area contributed by atoms with E-state index in [1.165, 1.54) is 5.56 Å². The summed E-state index contributed by atoms with van der Waals surface area (Å²) in [5.74, 6) is -0.741. The lowest BCUT2D eigenvalue weighted by molar-refractivity contribution is -0.137. The van der Waals surface area contributed by atoms with Crippen molar-refractivity contribution in [2.45, 2.75) is 38.8 Å². The normalized spacial score (nSPS) is 14.3. The maximum Gasteiger partial charge on any atom is 0.303 e. The largest absolute Gasteiger partial charge is 0.481 e. The van der Waals surface area contributed by atoms with Crippen LogP contribution in [-0.4, -0.2) is 17.1 Å². The Balaban J connectivity index is 2.45. The van der Waals surface area contributed by atoms with Crippen LogP contribution in [0.15, 0.2) is 28.7 Å². The van der Waals surface area contributed by atoms with E-state index in [4.69, 9.17) is 5.11 Å². The Morgan fingerprint density at radius 1 is 1.35 bits per heavy atom. The van der Waals surface area contributed by atoms with Gasteiger partial charge in [-0.3, -0.25) is 4.79 Å². The van der Waals surface area contributed by atoms with Crippen LogP contribution in [0.1, 0.15) is 38.3 Å². The SMILES string of the molecule is CC(CCC(=O)O)NC(C)c1ccc(Br)cc1. The lowest BCUT2D eigenvalue weighted by Crippen LogP contribution is -2.29. The number of aliphatic carboxylic acids is 1. The fraction of sp³-hybridized carbons (Fsp3) is 0.462. The van der Waals surface area contributed by atoms with Gasteiger partial charge in [-0.05, 0) is 38.0 Å². The first kappa shape index (κ1) is 14.2. The minimum Gasteiger partial charge on any atom is -0.481 e. The Hall–Kier alpha value is -0.870. The van der Waals surface area contributed by atoms with Crippen molar-refractivity contribution < 1.29 is 9.90 Å². The predicted molar refractivity (Wildman–Crippen MR) is 72.0 cm³/mol. The maximum atomic E-state index is 10.5. The molecule has 0 saturated heterocycles. The average molecular weight is 300 g/mol. The molecule has 2 atom stereocenters. The van der Waals surface area contributed by atoms with Gasteiger partial charge in [0.05, 0.1) is 0 Å². The second kappa shape index (κ2) is 6.77. The summed E-state index contributed by atoms with van der Waals surface area (Å²) in [7, 11) is 0. The Morgan fingerprint density at radius 2 is 1.94 bits per heavy atom. The van der Waals surface area contributed by atoms with Gasteiger partial charge in [0.15, 0.2) is 0 Å². The van der Waals surface area contributed by atoms with E-state index in [0.717, 1.165) is 4.47 Å². The summed E-state index contributed by atoms with van der Waals surface area (Å²) in [6, 6.07) is 8.57. The number of hydrogen-bond donors (Lipinski definition) is 2. The van der Waals surface area contributed by atoms with E-state index in [0.29, 0.717) is 6.42 Å². The van der Waals surface area contributed by atoms with Crippen molar-refractivity contribution in [1.29, 1.82) is 0 Å². The highest BCUT2D eigenvalue weighted by Gasteiger charge is 2.10. The number of carbonyl (C=O) groups is 1. The monoisotopic (exact) mass is 299 g/mol. The van der Waals surface area contributed by atoms with Crippen molar-refractivity contribution in [3.8, 4) is 0 Å². The van der Waals surface area contributed by atoms with Crippen LogP contribution < -0.4 is 5.32 Å². The zero-order valence-corrected chi connectivity index (χ0v) is 11.7. The first-order valence-electron chi connectivity index (χ1n) is 5.72. The van der Waals surface area contributed by atoms with Crippen molar-refractivity contribution in [1.82, 2.24) is 5.32 Å². The topological polar surface area (TPSA) is 49.3 Å². The van der Waals surface area contributed by atoms with Gasteiger partial charge in [0, 0.05) is 23.0 Å². The molecule has 94 valence electrons. The number of rotatable bonds is 6. The van der Waals surface area contributed by atoms with E-state index in [1.807, 2.05) is 19.1 Å². The third-order valence-corrected chi connectivity index (χ3v) is 3.22. The van der Waals surface area contributed by atoms with Crippen LogP contribution in [0.25, 0.3) is 0 Å². The Bertz CT molecular complexity index is 364. The molecule has 0 spiro atoms. The van der Waals surface area contributed by atoms with E-state index >= 15 is 0 Å². The summed E-state index contributed by atoms with van der Waals surface area (Å²) in [6.45, 7) is 4.10. The molecular formula is C13H18BrNO2. The van der Waals surface area contributed by atoms with Crippen LogP contribution in [-0.2, 0) is 4.79 Å². The molecule has 0 bridgehead atoms. The van der Waals surface area contributed by atoms with Gasteiger partial charge < -0.3 is 10.4 Å². The lowest BCUT2D eigenvalue weighted by Gasteiger charge is -2.20. The standard InChI is InChI=1S/C13H18BrNO2/c1-9(3-8-13(16)17)15-10(2)11-4-6-12(14)7-5-11/h4-7,9-10,15H,3,8H2,1-2H3,(H,16,17). The molecule has 4 heteroatoms. The van der Waals surface area contributed by atoms with Crippen molar-refractivity contribution in [3.05, 3.63) is 34.3 Å². The van der Waals surface area contributed by atoms with E-state index in [9.17, 15) is 4.79 Å². The summed E-state index contributed by atoms with van der Waals surface area (Å²) in [5, 5.41) is 12.0. The van der Waals surface area contributed by atoms with E-state index in [1.54, 1.807) is 0 Å². The molecule has 2 N–H and O–H groups in total. The van der Waals surface area contributed by atoms with Gasteiger partial charge in [-0.1, -0.05) is 28.1 Å². The van der Waals surface area contributed by atoms with Crippen LogP contribution in [0.5, 0.6) is 0 Å². The Labute approximate surface area is 110 Å². The minimum atomic E-state index is -0.741. The van der Waals surface area contributed by atoms with Crippen LogP contribution in [0.3, 0.4) is 0 Å². The molecule has 3 nitrogen and oxygen atoms in total. The first-order valence-corrected chi connectivity index (χ1v) is 6.51. The van der Waals surface area contributed by atoms with Gasteiger partial charge in [-0.2, -0.15) is 0 Å². The van der Waals surface area contributed by atoms with Crippen LogP contribution in [0, 0.1) is 0 Å². The van der Waals surface area contributed by atoms with Gasteiger partial charge in [0.25, 0.3) is 0 Å². The van der Waals surface area contributed by atoms with E-state index in [-0.39, 0.29) is 18.5 Å². The van der Waals surface area contributed by atoms with Gasteiger partial charge in [-0.15, -0.1) is 0 Å². The van der Waals surface area contributed by atoms with Crippen molar-refractivity contribution in [2.75, 3.05) is 0 Å². The zero-order chi connectivity index (χ0) is 12.8. The third-order valence-electron chi connectivity index (χ3n) is 2.70. The second-order valence-corrected chi connectivity index (χ2v) is 5.19. The number of carboxylic acids is 1. The first-order chi connectivity index (χ1) is 7.99. The molecule has 17 heavy (non-hydrogen) atoms. The lowest BCUT2D eigenvalue weighted by atomic mass is 10.1. The molecule has 0 radical (unpaired) electrons. The smallest absolute Gasteiger partial charge is 0.303 e. The van der Waals surface area contributed by atoms with Gasteiger partial charge >= 0.3 is 5.97 Å². The molecule has 0 aromatic heterocycles. The van der Waals surface area contributed by atoms with Crippen LogP contribution in [0.2, 0.25) is 0 Å². The minimum absolute atomic E-state index is 0.199. The molecule has 1 rings (SSSR count). The van der Waals surface area contributed by atoms with Crippen LogP contribution >= 0.6 is 15.9 Å². The summed E-state index contributed by atoms with van der Waals surface area (Å²) in [4.78, 5) is 10.5. The molecule has 2 unspecified atom stereocenters. The highest BCUT2D eigenvalue weighted by molar-refractivity contribution is 9.10. The number of hydrogen-bond acceptors (Lipinski definition) is 2. The molecule has 0 aliphatic carbocycles. The quantitative estimate of drug-likeness (QED) is 0.847. The highest BCUT2D eigenvalue weighted by Crippen LogP contribution is 2.17. The highest BCUT2D eigenvalue weighted by atomic mass is 79.9. The van der Waals surface area contributed by atoms with E-state index < -0.39 is 5.97 Å². The fourth-order valence-corrected chi connectivity index (χ4v) is 1.96.